The molecule has 0 aromatic heterocycles. The molecule has 0 heterocycles. The van der Waals surface area contributed by atoms with Crippen molar-refractivity contribution in [3.05, 3.63) is 48.6 Å². The Bertz CT molecular complexity index is 979. The first-order chi connectivity index (χ1) is 24.6. The van der Waals surface area contributed by atoms with Crippen LogP contribution in [-0.4, -0.2) is 75.5 Å². The largest absolute Gasteiger partial charge is 0.544 e. The average molecular weight is 718 g/mol. The molecule has 2 atom stereocenters. The molecule has 294 valence electrons. The third-order valence-electron chi connectivity index (χ3n) is 8.73. The number of likely N-dealkylation sites (N-methyl/N-ethyl adjacent to an activating group) is 1. The highest BCUT2D eigenvalue weighted by molar-refractivity contribution is 5.70. The van der Waals surface area contributed by atoms with E-state index in [-0.39, 0.29) is 49.1 Å². The van der Waals surface area contributed by atoms with Crippen LogP contribution in [0, 0.1) is 0 Å². The molecule has 0 amide bonds. The minimum absolute atomic E-state index is 0.0212. The third-order valence-corrected chi connectivity index (χ3v) is 8.73. The maximum absolute atomic E-state index is 12.6. The Morgan fingerprint density at radius 3 is 1.76 bits per heavy atom. The van der Waals surface area contributed by atoms with E-state index in [1.54, 1.807) is 21.1 Å². The number of allylic oxidation sites excluding steroid dienone is 8. The van der Waals surface area contributed by atoms with Crippen molar-refractivity contribution < 1.29 is 38.2 Å². The van der Waals surface area contributed by atoms with Gasteiger partial charge in [-0.25, -0.2) is 0 Å². The molecular weight excluding hydrogens is 642 g/mol. The van der Waals surface area contributed by atoms with Gasteiger partial charge >= 0.3 is 11.9 Å². The molecule has 0 rings (SSSR count). The van der Waals surface area contributed by atoms with Crippen molar-refractivity contribution in [1.29, 1.82) is 0 Å². The lowest BCUT2D eigenvalue weighted by Gasteiger charge is -2.34. The van der Waals surface area contributed by atoms with E-state index in [0.29, 0.717) is 12.8 Å². The SMILES string of the molecule is CC/C=C/C/C=C/CCCCC(=O)OC(COCCC(C(=O)[O-])[N+](C)(C)C)COC(=O)CCCCCCC/C=C/C=C/CCCCCCCCC. The Labute approximate surface area is 312 Å². The molecule has 8 nitrogen and oxygen atoms in total. The molecule has 0 saturated heterocycles. The molecule has 0 aliphatic rings. The Morgan fingerprint density at radius 1 is 0.627 bits per heavy atom. The van der Waals surface area contributed by atoms with Crippen LogP contribution in [0.1, 0.15) is 155 Å². The molecule has 0 aromatic rings. The molecule has 0 spiro atoms. The smallest absolute Gasteiger partial charge is 0.306 e. The van der Waals surface area contributed by atoms with Gasteiger partial charge < -0.3 is 28.6 Å². The van der Waals surface area contributed by atoms with E-state index in [0.717, 1.165) is 64.2 Å². The number of rotatable bonds is 35. The fourth-order valence-electron chi connectivity index (χ4n) is 5.57. The summed E-state index contributed by atoms with van der Waals surface area (Å²) < 4.78 is 17.0. The maximum Gasteiger partial charge on any atom is 0.306 e. The number of carboxylic acids is 1. The molecular formula is C43H75NO7. The van der Waals surface area contributed by atoms with Gasteiger partial charge in [-0.15, -0.1) is 0 Å². The Kier molecular flexibility index (Phi) is 32.6. The lowest BCUT2D eigenvalue weighted by molar-refractivity contribution is -0.889. The van der Waals surface area contributed by atoms with Gasteiger partial charge in [-0.2, -0.15) is 0 Å². The number of ether oxygens (including phenoxy) is 3. The van der Waals surface area contributed by atoms with Crippen LogP contribution >= 0.6 is 0 Å². The van der Waals surface area contributed by atoms with Crippen LogP contribution in [0.15, 0.2) is 48.6 Å². The molecule has 51 heavy (non-hydrogen) atoms. The predicted molar refractivity (Wildman–Crippen MR) is 208 cm³/mol. The van der Waals surface area contributed by atoms with Crippen LogP contribution in [0.3, 0.4) is 0 Å². The summed E-state index contributed by atoms with van der Waals surface area (Å²) in [6.45, 7) is 4.46. The van der Waals surface area contributed by atoms with Crippen molar-refractivity contribution in [1.82, 2.24) is 0 Å². The van der Waals surface area contributed by atoms with Gasteiger partial charge in [0.05, 0.1) is 40.3 Å². The van der Waals surface area contributed by atoms with E-state index >= 15 is 0 Å². The van der Waals surface area contributed by atoms with Gasteiger partial charge in [0.2, 0.25) is 0 Å². The zero-order valence-corrected chi connectivity index (χ0v) is 33.3. The van der Waals surface area contributed by atoms with E-state index in [4.69, 9.17) is 14.2 Å². The highest BCUT2D eigenvalue weighted by atomic mass is 16.6. The zero-order chi connectivity index (χ0) is 37.8. The second kappa shape index (κ2) is 34.4. The van der Waals surface area contributed by atoms with Crippen molar-refractivity contribution in [3.8, 4) is 0 Å². The Hall–Kier alpha value is -2.71. The van der Waals surface area contributed by atoms with E-state index < -0.39 is 18.1 Å². The van der Waals surface area contributed by atoms with Gasteiger partial charge in [0, 0.05) is 19.3 Å². The van der Waals surface area contributed by atoms with Crippen molar-refractivity contribution in [2.24, 2.45) is 0 Å². The molecule has 0 aliphatic carbocycles. The molecule has 0 N–H and O–H groups in total. The van der Waals surface area contributed by atoms with Crippen LogP contribution in [0.25, 0.3) is 0 Å². The van der Waals surface area contributed by atoms with Crippen LogP contribution in [0.5, 0.6) is 0 Å². The average Bonchev–Trinajstić information content (AvgIpc) is 3.08. The maximum atomic E-state index is 12.6. The normalized spacial score (nSPS) is 13.5. The van der Waals surface area contributed by atoms with Gasteiger partial charge in [0.15, 0.2) is 6.10 Å². The number of carbonyl (C=O) groups excluding carboxylic acids is 3. The molecule has 0 bridgehead atoms. The standard InChI is InChI=1S/C43H75NO7/c1-6-8-10-12-14-16-17-18-19-20-21-22-23-24-26-27-29-31-33-41(45)50-38-39(37-49-36-35-40(43(47)48)44(3,4)5)51-42(46)34-32-30-28-25-15-13-11-9-7-2/h9,11,15,19-22,25,39-40H,6-8,10,12-14,16-18,23-24,26-38H2,1-5H3/b11-9+,20-19+,22-21+,25-15+. The molecule has 0 aliphatic heterocycles. The van der Waals surface area contributed by atoms with E-state index in [9.17, 15) is 19.5 Å². The molecule has 0 saturated carbocycles. The molecule has 8 heteroatoms. The highest BCUT2D eigenvalue weighted by Gasteiger charge is 2.25. The number of carboxylic acid groups (broad SMARTS) is 1. The van der Waals surface area contributed by atoms with E-state index in [2.05, 4.69) is 62.5 Å². The van der Waals surface area contributed by atoms with Crippen LogP contribution in [-0.2, 0) is 28.6 Å². The van der Waals surface area contributed by atoms with Gasteiger partial charge in [-0.1, -0.05) is 120 Å². The van der Waals surface area contributed by atoms with Gasteiger partial charge in [0.1, 0.15) is 12.6 Å². The summed E-state index contributed by atoms with van der Waals surface area (Å²) >= 11 is 0. The number of quaternary nitrogens is 1. The topological polar surface area (TPSA) is 102 Å². The summed E-state index contributed by atoms with van der Waals surface area (Å²) in [4.78, 5) is 36.6. The first kappa shape index (κ1) is 48.3. The van der Waals surface area contributed by atoms with Crippen molar-refractivity contribution >= 4 is 17.9 Å². The number of aliphatic carboxylic acids is 1. The summed E-state index contributed by atoms with van der Waals surface area (Å²) in [5, 5.41) is 11.6. The number of esters is 2. The van der Waals surface area contributed by atoms with Crippen molar-refractivity contribution in [2.75, 3.05) is 41.0 Å². The minimum Gasteiger partial charge on any atom is -0.544 e. The molecule has 0 radical (unpaired) electrons. The third kappa shape index (κ3) is 32.9. The number of hydrogen-bond acceptors (Lipinski definition) is 7. The number of hydrogen-bond donors (Lipinski definition) is 0. The van der Waals surface area contributed by atoms with Gasteiger partial charge in [-0.05, 0) is 64.2 Å². The van der Waals surface area contributed by atoms with Crippen LogP contribution in [0.4, 0.5) is 0 Å². The monoisotopic (exact) mass is 718 g/mol. The summed E-state index contributed by atoms with van der Waals surface area (Å²) in [7, 11) is 5.37. The highest BCUT2D eigenvalue weighted by Crippen LogP contribution is 2.12. The quantitative estimate of drug-likeness (QED) is 0.0212. The van der Waals surface area contributed by atoms with Crippen LogP contribution < -0.4 is 5.11 Å². The van der Waals surface area contributed by atoms with Gasteiger partial charge in [0.25, 0.3) is 0 Å². The Balaban J connectivity index is 4.37. The second-order valence-electron chi connectivity index (χ2n) is 14.5. The molecule has 0 fully saturated rings. The lowest BCUT2D eigenvalue weighted by Crippen LogP contribution is -2.55. The van der Waals surface area contributed by atoms with Crippen molar-refractivity contribution in [2.45, 2.75) is 167 Å². The zero-order valence-electron chi connectivity index (χ0n) is 33.3. The second-order valence-corrected chi connectivity index (χ2v) is 14.5. The summed E-state index contributed by atoms with van der Waals surface area (Å²) in [6.07, 6.45) is 38.7. The number of unbranched alkanes of at least 4 members (excludes halogenated alkanes) is 14. The van der Waals surface area contributed by atoms with Crippen LogP contribution in [0.2, 0.25) is 0 Å². The minimum atomic E-state index is -1.14. The number of nitrogens with zero attached hydrogens (tertiary/aromatic N) is 1. The van der Waals surface area contributed by atoms with E-state index in [1.807, 2.05) is 0 Å². The first-order valence-corrected chi connectivity index (χ1v) is 20.2. The fraction of sp³-hybridized carbons (Fsp3) is 0.744. The molecule has 2 unspecified atom stereocenters. The summed E-state index contributed by atoms with van der Waals surface area (Å²) in [5.41, 5.74) is 0. The van der Waals surface area contributed by atoms with Gasteiger partial charge in [-0.3, -0.25) is 9.59 Å². The summed E-state index contributed by atoms with van der Waals surface area (Å²) in [5.74, 6) is -1.81. The predicted octanol–water partition coefficient (Wildman–Crippen LogP) is 9.13. The van der Waals surface area contributed by atoms with Crippen molar-refractivity contribution in [3.63, 3.8) is 0 Å². The fourth-order valence-corrected chi connectivity index (χ4v) is 5.57. The number of carbonyl (C=O) groups is 3. The van der Waals surface area contributed by atoms with E-state index in [1.165, 1.54) is 51.4 Å². The lowest BCUT2D eigenvalue weighted by atomic mass is 10.1. The molecule has 0 aromatic carbocycles. The summed E-state index contributed by atoms with van der Waals surface area (Å²) in [6, 6.07) is -0.733. The Morgan fingerprint density at radius 2 is 1.16 bits per heavy atom. The first-order valence-electron chi connectivity index (χ1n) is 20.2.